The fraction of sp³-hybridized carbons (Fsp3) is 0. The maximum atomic E-state index is 6.25. The average Bonchev–Trinajstić information content (AvgIpc) is 1.58. The summed E-state index contributed by atoms with van der Waals surface area (Å²) >= 11 is 5.35. The summed E-state index contributed by atoms with van der Waals surface area (Å²) in [6, 6.07) is 130. The number of para-hydroxylation sites is 1. The van der Waals surface area contributed by atoms with Crippen LogP contribution in [0, 0.1) is 0 Å². The number of thiophene rings is 3. The van der Waals surface area contributed by atoms with Crippen molar-refractivity contribution < 1.29 is 4.42 Å². The highest BCUT2D eigenvalue weighted by molar-refractivity contribution is 7.27. The molecule has 21 rings (SSSR count). The van der Waals surface area contributed by atoms with Crippen LogP contribution in [-0.4, -0.2) is 19.9 Å². The molecule has 0 fully saturated rings. The quantitative estimate of drug-likeness (QED) is 0.129. The third-order valence-electron chi connectivity index (χ3n) is 20.2. The number of aromatic nitrogens is 4. The maximum Gasteiger partial charge on any atom is 0.161 e. The molecule has 21 aromatic rings. The van der Waals surface area contributed by atoms with Gasteiger partial charge in [0, 0.05) is 73.4 Å². The van der Waals surface area contributed by atoms with Crippen LogP contribution in [-0.2, 0) is 0 Å². The highest BCUT2D eigenvalue weighted by Crippen LogP contribution is 2.47. The fourth-order valence-corrected chi connectivity index (χ4v) is 18.5. The number of hydrogen-bond donors (Lipinski definition) is 0. The van der Waals surface area contributed by atoms with Crippen LogP contribution in [0.4, 0.5) is 0 Å². The van der Waals surface area contributed by atoms with Crippen molar-refractivity contribution in [1.29, 1.82) is 0 Å². The normalized spacial score (nSPS) is 11.6. The third kappa shape index (κ3) is 11.5. The highest BCUT2D eigenvalue weighted by atomic mass is 32.1. The van der Waals surface area contributed by atoms with Gasteiger partial charge in [0.2, 0.25) is 0 Å². The molecule has 0 spiro atoms. The van der Waals surface area contributed by atoms with Crippen LogP contribution >= 0.6 is 34.0 Å². The molecule has 0 aliphatic heterocycles. The molecule has 0 N–H and O–H groups in total. The summed E-state index contributed by atoms with van der Waals surface area (Å²) in [5.41, 5.74) is 26.3. The molecule has 0 bridgehead atoms. The summed E-state index contributed by atoms with van der Waals surface area (Å²) in [7, 11) is 0. The minimum absolute atomic E-state index is 0.694. The first-order chi connectivity index (χ1) is 52.5. The van der Waals surface area contributed by atoms with E-state index in [0.717, 1.165) is 115 Å². The molecule has 0 amide bonds. The van der Waals surface area contributed by atoms with E-state index in [9.17, 15) is 0 Å². The van der Waals surface area contributed by atoms with E-state index >= 15 is 0 Å². The molecule has 5 nitrogen and oxygen atoms in total. The molecule has 15 aromatic carbocycles. The van der Waals surface area contributed by atoms with Gasteiger partial charge in [-0.25, -0.2) is 19.9 Å². The average molecular weight is 1410 g/mol. The molecular formula is C98H60N4OS3. The highest BCUT2D eigenvalue weighted by Gasteiger charge is 2.23. The van der Waals surface area contributed by atoms with E-state index in [4.69, 9.17) is 24.4 Å². The van der Waals surface area contributed by atoms with Crippen LogP contribution in [0.1, 0.15) is 0 Å². The Morgan fingerprint density at radius 3 is 1.02 bits per heavy atom. The van der Waals surface area contributed by atoms with Crippen LogP contribution in [0.3, 0.4) is 0 Å². The lowest BCUT2D eigenvalue weighted by atomic mass is 9.92. The zero-order valence-corrected chi connectivity index (χ0v) is 59.5. The molecule has 8 heteroatoms. The molecule has 6 aromatic heterocycles. The van der Waals surface area contributed by atoms with Crippen LogP contribution in [0.25, 0.3) is 206 Å². The summed E-state index contributed by atoms with van der Waals surface area (Å²) in [6.45, 7) is 0. The lowest BCUT2D eigenvalue weighted by Gasteiger charge is -2.13. The Balaban J connectivity index is 0.000000141. The van der Waals surface area contributed by atoms with Crippen molar-refractivity contribution in [2.75, 3.05) is 0 Å². The van der Waals surface area contributed by atoms with Crippen LogP contribution in [0.15, 0.2) is 368 Å². The van der Waals surface area contributed by atoms with E-state index in [1.165, 1.54) is 85.2 Å². The zero-order valence-electron chi connectivity index (χ0n) is 57.1. The first kappa shape index (κ1) is 62.7. The van der Waals surface area contributed by atoms with Crippen molar-refractivity contribution in [1.82, 2.24) is 19.9 Å². The second kappa shape index (κ2) is 26.6. The minimum Gasteiger partial charge on any atom is -0.456 e. The van der Waals surface area contributed by atoms with E-state index in [-0.39, 0.29) is 0 Å². The molecule has 0 aliphatic rings. The second-order valence-corrected chi connectivity index (χ2v) is 29.9. The lowest BCUT2D eigenvalue weighted by molar-refractivity contribution is 0.669. The Morgan fingerprint density at radius 2 is 0.509 bits per heavy atom. The number of benzene rings is 15. The topological polar surface area (TPSA) is 64.7 Å². The molecule has 0 unspecified atom stereocenters. The standard InChI is InChI=1S/C52H32N2S2.C46H28N2OS/c1-3-14-33(15-4-1)39-30-40(34-16-5-2-6-17-34)32-41(31-39)37-20-11-18-35(28-37)36-19-12-21-38(29-36)49-51-50(43-23-8-10-26-46(43)56-51)54-52(53-49)44-24-13-27-47-48(44)42-22-7-9-25-45(42)55-47;1-2-11-29(12-3-1)30-23-25-31(26-24-30)32-13-8-14-33(27-32)34-15-9-16-35(28-34)43-45-44(37-18-5-7-22-41(37)50-45)48-46(47-43)38-19-10-21-40-42(38)36-17-4-6-20-39(36)49-40/h1-32H;1-28H. The molecule has 6 heterocycles. The SMILES string of the molecule is c1ccc(-c2cc(-c3ccccc3)cc(-c3cccc(-c4cccc(-c5nc(-c6cccc7sc8ccccc8c67)nc6c5sc5ccccc56)c4)c3)c2)cc1.c1ccc(-c2ccc(-c3cccc(-c4cccc(-c5nc(-c6cccc7oc8ccccc8c67)nc6c5sc5ccccc56)c4)c3)cc2)cc1. The largest absolute Gasteiger partial charge is 0.456 e. The van der Waals surface area contributed by atoms with Crippen molar-refractivity contribution in [3.05, 3.63) is 364 Å². The van der Waals surface area contributed by atoms with Gasteiger partial charge in [0.1, 0.15) is 11.2 Å². The molecule has 0 aliphatic carbocycles. The van der Waals surface area contributed by atoms with E-state index < -0.39 is 0 Å². The van der Waals surface area contributed by atoms with Gasteiger partial charge in [-0.2, -0.15) is 0 Å². The van der Waals surface area contributed by atoms with E-state index in [0.29, 0.717) is 5.82 Å². The summed E-state index contributed by atoms with van der Waals surface area (Å²) in [6.07, 6.45) is 0. The predicted molar refractivity (Wildman–Crippen MR) is 450 cm³/mol. The van der Waals surface area contributed by atoms with Crippen molar-refractivity contribution in [3.63, 3.8) is 0 Å². The van der Waals surface area contributed by atoms with E-state index in [1.807, 2.05) is 35.6 Å². The van der Waals surface area contributed by atoms with Gasteiger partial charge in [-0.3, -0.25) is 0 Å². The van der Waals surface area contributed by atoms with Gasteiger partial charge in [-0.15, -0.1) is 34.0 Å². The predicted octanol–water partition coefficient (Wildman–Crippen LogP) is 28.3. The first-order valence-corrected chi connectivity index (χ1v) is 38.0. The first-order valence-electron chi connectivity index (χ1n) is 35.5. The molecule has 0 saturated carbocycles. The fourth-order valence-electron chi connectivity index (χ4n) is 15.1. The van der Waals surface area contributed by atoms with Gasteiger partial charge in [-0.05, 0) is 157 Å². The Morgan fingerprint density at radius 1 is 0.198 bits per heavy atom. The van der Waals surface area contributed by atoms with Gasteiger partial charge >= 0.3 is 0 Å². The summed E-state index contributed by atoms with van der Waals surface area (Å²) in [4.78, 5) is 21.4. The van der Waals surface area contributed by atoms with Gasteiger partial charge < -0.3 is 4.42 Å². The number of rotatable bonds is 11. The Bertz CT molecular complexity index is 6900. The summed E-state index contributed by atoms with van der Waals surface area (Å²) in [5, 5.41) is 6.87. The monoisotopic (exact) mass is 1400 g/mol. The van der Waals surface area contributed by atoms with Crippen LogP contribution in [0.5, 0.6) is 0 Å². The molecule has 0 atom stereocenters. The van der Waals surface area contributed by atoms with Gasteiger partial charge in [-0.1, -0.05) is 285 Å². The molecule has 0 radical (unpaired) electrons. The maximum absolute atomic E-state index is 6.25. The van der Waals surface area contributed by atoms with Gasteiger partial charge in [0.25, 0.3) is 0 Å². The lowest BCUT2D eigenvalue weighted by Crippen LogP contribution is -1.94. The Kier molecular flexibility index (Phi) is 15.7. The van der Waals surface area contributed by atoms with Gasteiger partial charge in [0.15, 0.2) is 11.6 Å². The van der Waals surface area contributed by atoms with Crippen molar-refractivity contribution in [2.24, 2.45) is 0 Å². The summed E-state index contributed by atoms with van der Waals surface area (Å²) < 4.78 is 13.4. The minimum atomic E-state index is 0.694. The molecule has 496 valence electrons. The zero-order chi connectivity index (χ0) is 70.0. The number of furan rings is 1. The number of hydrogen-bond acceptors (Lipinski definition) is 8. The Hall–Kier alpha value is -13.1. The van der Waals surface area contributed by atoms with E-state index in [1.54, 1.807) is 22.7 Å². The van der Waals surface area contributed by atoms with E-state index in [2.05, 4.69) is 340 Å². The second-order valence-electron chi connectivity index (χ2n) is 26.7. The van der Waals surface area contributed by atoms with Crippen LogP contribution in [0.2, 0.25) is 0 Å². The van der Waals surface area contributed by atoms with Crippen molar-refractivity contribution in [3.8, 4) is 123 Å². The number of fused-ring (bicyclic) bond motifs is 12. The smallest absolute Gasteiger partial charge is 0.161 e. The number of nitrogens with zero attached hydrogens (tertiary/aromatic N) is 4. The molecule has 0 saturated heterocycles. The van der Waals surface area contributed by atoms with Crippen LogP contribution < -0.4 is 0 Å². The van der Waals surface area contributed by atoms with Crippen molar-refractivity contribution >= 4 is 117 Å². The Labute approximate surface area is 623 Å². The van der Waals surface area contributed by atoms with Gasteiger partial charge in [0.05, 0.1) is 31.8 Å². The summed E-state index contributed by atoms with van der Waals surface area (Å²) in [5.74, 6) is 1.45. The third-order valence-corrected chi connectivity index (χ3v) is 23.7. The molecule has 106 heavy (non-hydrogen) atoms. The van der Waals surface area contributed by atoms with Crippen molar-refractivity contribution in [2.45, 2.75) is 0 Å². The molecular weight excluding hydrogens is 1350 g/mol.